The standard InChI is InChI=1S/C17H31NO2/c1-7-8-11-18(6)17(20)12-16(19)15(5)14(4)10-9-13(2)3/h7-8,13-15H,9-12H2,1-6H3/b8-7+. The van der Waals surface area contributed by atoms with E-state index in [4.69, 9.17) is 0 Å². The number of nitrogens with zero attached hydrogens (tertiary/aromatic N) is 1. The lowest BCUT2D eigenvalue weighted by molar-refractivity contribution is -0.135. The van der Waals surface area contributed by atoms with Gasteiger partial charge in [-0.3, -0.25) is 9.59 Å². The van der Waals surface area contributed by atoms with E-state index in [1.165, 1.54) is 0 Å². The van der Waals surface area contributed by atoms with Gasteiger partial charge in [0.05, 0.1) is 6.42 Å². The van der Waals surface area contributed by atoms with E-state index in [0.717, 1.165) is 12.8 Å². The van der Waals surface area contributed by atoms with Crippen LogP contribution < -0.4 is 0 Å². The summed E-state index contributed by atoms with van der Waals surface area (Å²) in [4.78, 5) is 25.7. The second-order valence-electron chi connectivity index (χ2n) is 6.22. The van der Waals surface area contributed by atoms with Crippen molar-refractivity contribution in [3.8, 4) is 0 Å². The van der Waals surface area contributed by atoms with Gasteiger partial charge in [0.1, 0.15) is 5.78 Å². The van der Waals surface area contributed by atoms with Gasteiger partial charge in [-0.2, -0.15) is 0 Å². The first-order valence-corrected chi connectivity index (χ1v) is 7.67. The summed E-state index contributed by atoms with van der Waals surface area (Å²) in [6, 6.07) is 0. The van der Waals surface area contributed by atoms with E-state index < -0.39 is 0 Å². The van der Waals surface area contributed by atoms with Gasteiger partial charge in [-0.15, -0.1) is 0 Å². The SMILES string of the molecule is C/C=C/CN(C)C(=O)CC(=O)C(C)C(C)CCC(C)C. The molecular formula is C17H31NO2. The Morgan fingerprint density at radius 3 is 2.20 bits per heavy atom. The Bertz CT molecular complexity index is 334. The number of allylic oxidation sites excluding steroid dienone is 1. The average Bonchev–Trinajstić information content (AvgIpc) is 2.40. The molecule has 0 aliphatic heterocycles. The number of ketones is 1. The molecular weight excluding hydrogens is 250 g/mol. The van der Waals surface area contributed by atoms with E-state index in [0.29, 0.717) is 18.4 Å². The first kappa shape index (κ1) is 18.9. The molecule has 0 aromatic heterocycles. The van der Waals surface area contributed by atoms with Crippen LogP contribution in [0.3, 0.4) is 0 Å². The maximum Gasteiger partial charge on any atom is 0.230 e. The Labute approximate surface area is 124 Å². The number of likely N-dealkylation sites (N-methyl/N-ethyl adjacent to an activating group) is 1. The molecule has 0 aromatic rings. The first-order chi connectivity index (χ1) is 9.29. The Morgan fingerprint density at radius 2 is 1.70 bits per heavy atom. The molecule has 20 heavy (non-hydrogen) atoms. The largest absolute Gasteiger partial charge is 0.342 e. The van der Waals surface area contributed by atoms with E-state index in [1.54, 1.807) is 11.9 Å². The summed E-state index contributed by atoms with van der Waals surface area (Å²) in [5.74, 6) is 0.953. The highest BCUT2D eigenvalue weighted by molar-refractivity contribution is 5.99. The third-order valence-corrected chi connectivity index (χ3v) is 3.93. The summed E-state index contributed by atoms with van der Waals surface area (Å²) in [6.07, 6.45) is 6.03. The maximum absolute atomic E-state index is 12.2. The molecule has 1 amide bonds. The second-order valence-corrected chi connectivity index (χ2v) is 6.22. The third-order valence-electron chi connectivity index (χ3n) is 3.93. The molecule has 0 aliphatic carbocycles. The summed E-state index contributed by atoms with van der Waals surface area (Å²) in [5, 5.41) is 0. The van der Waals surface area contributed by atoms with Crippen molar-refractivity contribution >= 4 is 11.7 Å². The zero-order valence-electron chi connectivity index (χ0n) is 14.0. The van der Waals surface area contributed by atoms with E-state index in [1.807, 2.05) is 26.0 Å². The van der Waals surface area contributed by atoms with E-state index in [-0.39, 0.29) is 24.0 Å². The quantitative estimate of drug-likeness (QED) is 0.477. The van der Waals surface area contributed by atoms with Gasteiger partial charge in [0.25, 0.3) is 0 Å². The molecule has 0 radical (unpaired) electrons. The monoisotopic (exact) mass is 281 g/mol. The van der Waals surface area contributed by atoms with Gasteiger partial charge in [-0.25, -0.2) is 0 Å². The van der Waals surface area contributed by atoms with Crippen LogP contribution in [0.15, 0.2) is 12.2 Å². The number of hydrogen-bond donors (Lipinski definition) is 0. The Balaban J connectivity index is 4.27. The first-order valence-electron chi connectivity index (χ1n) is 7.67. The molecule has 0 bridgehead atoms. The minimum atomic E-state index is -0.0870. The van der Waals surface area contributed by atoms with Crippen LogP contribution in [0.2, 0.25) is 0 Å². The number of hydrogen-bond acceptors (Lipinski definition) is 2. The minimum Gasteiger partial charge on any atom is -0.342 e. The lowest BCUT2D eigenvalue weighted by atomic mass is 9.85. The van der Waals surface area contributed by atoms with Gasteiger partial charge in [0.15, 0.2) is 0 Å². The summed E-state index contributed by atoms with van der Waals surface area (Å²) in [6.45, 7) is 10.9. The lowest BCUT2D eigenvalue weighted by Gasteiger charge is -2.21. The van der Waals surface area contributed by atoms with Crippen molar-refractivity contribution in [2.75, 3.05) is 13.6 Å². The van der Waals surface area contributed by atoms with Gasteiger partial charge in [-0.1, -0.05) is 46.3 Å². The number of rotatable bonds is 9. The molecule has 2 atom stereocenters. The molecule has 0 N–H and O–H groups in total. The number of amides is 1. The Hall–Kier alpha value is -1.12. The van der Waals surface area contributed by atoms with Crippen molar-refractivity contribution in [3.05, 3.63) is 12.2 Å². The highest BCUT2D eigenvalue weighted by Crippen LogP contribution is 2.21. The number of carbonyl (C=O) groups excluding carboxylic acids is 2. The molecule has 3 nitrogen and oxygen atoms in total. The molecule has 0 heterocycles. The summed E-state index contributed by atoms with van der Waals surface area (Å²) >= 11 is 0. The summed E-state index contributed by atoms with van der Waals surface area (Å²) in [7, 11) is 1.74. The number of carbonyl (C=O) groups is 2. The van der Waals surface area contributed by atoms with Crippen molar-refractivity contribution < 1.29 is 9.59 Å². The van der Waals surface area contributed by atoms with Crippen LogP contribution in [0, 0.1) is 17.8 Å². The van der Waals surface area contributed by atoms with Gasteiger partial charge >= 0.3 is 0 Å². The van der Waals surface area contributed by atoms with Gasteiger partial charge in [-0.05, 0) is 25.2 Å². The van der Waals surface area contributed by atoms with Gasteiger partial charge < -0.3 is 4.90 Å². The zero-order chi connectivity index (χ0) is 15.7. The molecule has 0 saturated heterocycles. The average molecular weight is 281 g/mol. The van der Waals surface area contributed by atoms with Crippen LogP contribution >= 0.6 is 0 Å². The fourth-order valence-corrected chi connectivity index (χ4v) is 1.97. The normalized spacial score (nSPS) is 14.6. The van der Waals surface area contributed by atoms with Crippen LogP contribution in [0.4, 0.5) is 0 Å². The fraction of sp³-hybridized carbons (Fsp3) is 0.765. The molecule has 0 fully saturated rings. The smallest absolute Gasteiger partial charge is 0.230 e. The third kappa shape index (κ3) is 7.46. The Morgan fingerprint density at radius 1 is 1.10 bits per heavy atom. The van der Waals surface area contributed by atoms with E-state index >= 15 is 0 Å². The van der Waals surface area contributed by atoms with Crippen LogP contribution in [-0.4, -0.2) is 30.2 Å². The van der Waals surface area contributed by atoms with Crippen LogP contribution in [0.1, 0.15) is 53.9 Å². The predicted octanol–water partition coefficient (Wildman–Crippen LogP) is 3.69. The highest BCUT2D eigenvalue weighted by atomic mass is 16.2. The van der Waals surface area contributed by atoms with Crippen molar-refractivity contribution in [2.24, 2.45) is 17.8 Å². The maximum atomic E-state index is 12.2. The van der Waals surface area contributed by atoms with Crippen molar-refractivity contribution in [3.63, 3.8) is 0 Å². The molecule has 2 unspecified atom stereocenters. The van der Waals surface area contributed by atoms with Crippen molar-refractivity contribution in [2.45, 2.75) is 53.9 Å². The molecule has 0 aromatic carbocycles. The molecule has 3 heteroatoms. The van der Waals surface area contributed by atoms with E-state index in [9.17, 15) is 9.59 Å². The topological polar surface area (TPSA) is 37.4 Å². The molecule has 0 rings (SSSR count). The summed E-state index contributed by atoms with van der Waals surface area (Å²) in [5.41, 5.74) is 0. The van der Waals surface area contributed by atoms with Crippen molar-refractivity contribution in [1.29, 1.82) is 0 Å². The summed E-state index contributed by atoms with van der Waals surface area (Å²) < 4.78 is 0. The van der Waals surface area contributed by atoms with Gasteiger partial charge in [0.2, 0.25) is 5.91 Å². The predicted molar refractivity (Wildman–Crippen MR) is 84.5 cm³/mol. The van der Waals surface area contributed by atoms with Crippen molar-refractivity contribution in [1.82, 2.24) is 4.90 Å². The second kappa shape index (κ2) is 9.73. The fourth-order valence-electron chi connectivity index (χ4n) is 1.97. The molecule has 0 spiro atoms. The van der Waals surface area contributed by atoms with Crippen LogP contribution in [0.5, 0.6) is 0 Å². The molecule has 116 valence electrons. The number of Topliss-reactive ketones (excluding diaryl/α,β-unsaturated/α-hetero) is 1. The van der Waals surface area contributed by atoms with Crippen LogP contribution in [0.25, 0.3) is 0 Å². The zero-order valence-corrected chi connectivity index (χ0v) is 14.0. The van der Waals surface area contributed by atoms with Crippen LogP contribution in [-0.2, 0) is 9.59 Å². The van der Waals surface area contributed by atoms with E-state index in [2.05, 4.69) is 20.8 Å². The Kier molecular flexibility index (Phi) is 9.19. The molecule has 0 aliphatic rings. The molecule has 0 saturated carbocycles. The van der Waals surface area contributed by atoms with Gasteiger partial charge in [0, 0.05) is 19.5 Å². The highest BCUT2D eigenvalue weighted by Gasteiger charge is 2.23. The minimum absolute atomic E-state index is 0.0290. The lowest BCUT2D eigenvalue weighted by Crippen LogP contribution is -2.31.